The van der Waals surface area contributed by atoms with Crippen molar-refractivity contribution in [2.45, 2.75) is 0 Å². The Bertz CT molecular complexity index is 3500. The predicted octanol–water partition coefficient (Wildman–Crippen LogP) is 18.3. The van der Waals surface area contributed by atoms with Crippen LogP contribution in [0.15, 0.2) is 279 Å². The molecular weight excluding hydrogens is 845 g/mol. The summed E-state index contributed by atoms with van der Waals surface area (Å²) in [4.78, 5) is 10.4. The molecule has 12 rings (SSSR count). The van der Waals surface area contributed by atoms with Gasteiger partial charge in [0, 0.05) is 28.3 Å². The van der Waals surface area contributed by atoms with Gasteiger partial charge in [0.1, 0.15) is 0 Å². The summed E-state index contributed by atoms with van der Waals surface area (Å²) in [6.07, 6.45) is 1.97. The second-order valence-corrected chi connectivity index (χ2v) is 17.8. The lowest BCUT2D eigenvalue weighted by molar-refractivity contribution is 1.32. The monoisotopic (exact) mass is 890 g/mol. The fourth-order valence-electron chi connectivity index (χ4n) is 9.59. The lowest BCUT2D eigenvalue weighted by Crippen LogP contribution is -1.93. The number of hydrogen-bond acceptors (Lipinski definition) is 2. The van der Waals surface area contributed by atoms with Crippen molar-refractivity contribution < 1.29 is 0 Å². The van der Waals surface area contributed by atoms with Crippen molar-refractivity contribution in [1.29, 1.82) is 0 Å². The van der Waals surface area contributed by atoms with Crippen molar-refractivity contribution in [3.8, 4) is 112 Å². The third-order valence-corrected chi connectivity index (χ3v) is 13.2. The van der Waals surface area contributed by atoms with Gasteiger partial charge >= 0.3 is 0 Å². The molecule has 10 aromatic carbocycles. The first kappa shape index (κ1) is 42.1. The standard InChI is InChI=1S/C68H46N2/c1-5-18-47(19-6-1)59-37-60(48-20-7-2-8-21-48)40-63(39-59)51-28-16-32-56(35-51)67-44-65(53-30-15-31-55(34-53)66-43-54-26-13-14-27-58(54)46-69-66)45-68(70-67)57-33-17-29-52(36-57)64-41-61(49-22-9-3-10-23-49)38-62(42-64)50-24-11-4-12-25-50/h1-46H. The van der Waals surface area contributed by atoms with E-state index in [4.69, 9.17) is 9.97 Å². The Morgan fingerprint density at radius 1 is 0.171 bits per heavy atom. The Morgan fingerprint density at radius 3 is 0.829 bits per heavy atom. The Hall–Kier alpha value is -9.24. The third-order valence-electron chi connectivity index (χ3n) is 13.2. The zero-order chi connectivity index (χ0) is 46.6. The van der Waals surface area contributed by atoms with Gasteiger partial charge in [-0.3, -0.25) is 4.98 Å². The topological polar surface area (TPSA) is 25.8 Å². The van der Waals surface area contributed by atoms with Crippen molar-refractivity contribution in [3.05, 3.63) is 279 Å². The number of rotatable bonds is 10. The van der Waals surface area contributed by atoms with Crippen LogP contribution >= 0.6 is 0 Å². The third kappa shape index (κ3) is 8.86. The molecule has 0 atom stereocenters. The van der Waals surface area contributed by atoms with Crippen LogP contribution in [0.25, 0.3) is 122 Å². The van der Waals surface area contributed by atoms with Gasteiger partial charge in [-0.2, -0.15) is 0 Å². The van der Waals surface area contributed by atoms with E-state index in [9.17, 15) is 0 Å². The molecule has 0 saturated carbocycles. The smallest absolute Gasteiger partial charge is 0.0715 e. The van der Waals surface area contributed by atoms with Crippen LogP contribution < -0.4 is 0 Å². The highest BCUT2D eigenvalue weighted by Gasteiger charge is 2.15. The van der Waals surface area contributed by atoms with E-state index in [1.807, 2.05) is 6.20 Å². The predicted molar refractivity (Wildman–Crippen MR) is 294 cm³/mol. The van der Waals surface area contributed by atoms with Crippen molar-refractivity contribution >= 4 is 10.8 Å². The summed E-state index contributed by atoms with van der Waals surface area (Å²) < 4.78 is 0. The summed E-state index contributed by atoms with van der Waals surface area (Å²) >= 11 is 0. The highest BCUT2D eigenvalue weighted by Crippen LogP contribution is 2.39. The minimum Gasteiger partial charge on any atom is -0.256 e. The zero-order valence-corrected chi connectivity index (χ0v) is 38.5. The second-order valence-electron chi connectivity index (χ2n) is 17.8. The Balaban J connectivity index is 1.00. The quantitative estimate of drug-likeness (QED) is 0.137. The van der Waals surface area contributed by atoms with Gasteiger partial charge in [-0.05, 0) is 156 Å². The minimum absolute atomic E-state index is 0.897. The molecule has 0 aliphatic heterocycles. The molecule has 0 aliphatic rings. The van der Waals surface area contributed by atoms with E-state index in [1.165, 1.54) is 49.9 Å². The van der Waals surface area contributed by atoms with Crippen molar-refractivity contribution in [2.24, 2.45) is 0 Å². The summed E-state index contributed by atoms with van der Waals surface area (Å²) in [5, 5.41) is 2.29. The van der Waals surface area contributed by atoms with Crippen molar-refractivity contribution in [3.63, 3.8) is 0 Å². The molecule has 2 heterocycles. The molecule has 0 spiro atoms. The fourth-order valence-corrected chi connectivity index (χ4v) is 9.59. The second kappa shape index (κ2) is 18.8. The first-order chi connectivity index (χ1) is 34.6. The van der Waals surface area contributed by atoms with E-state index in [0.717, 1.165) is 72.5 Å². The van der Waals surface area contributed by atoms with Gasteiger partial charge in [0.25, 0.3) is 0 Å². The number of nitrogens with zero attached hydrogens (tertiary/aromatic N) is 2. The molecule has 12 aromatic rings. The van der Waals surface area contributed by atoms with Crippen molar-refractivity contribution in [1.82, 2.24) is 9.97 Å². The molecule has 2 heteroatoms. The van der Waals surface area contributed by atoms with Crippen LogP contribution in [-0.2, 0) is 0 Å². The van der Waals surface area contributed by atoms with E-state index in [-0.39, 0.29) is 0 Å². The van der Waals surface area contributed by atoms with Gasteiger partial charge in [0.05, 0.1) is 17.1 Å². The number of hydrogen-bond donors (Lipinski definition) is 0. The molecular formula is C68H46N2. The van der Waals surface area contributed by atoms with Gasteiger partial charge in [-0.15, -0.1) is 0 Å². The van der Waals surface area contributed by atoms with E-state index in [0.29, 0.717) is 0 Å². The first-order valence-corrected chi connectivity index (χ1v) is 23.8. The van der Waals surface area contributed by atoms with Gasteiger partial charge in [-0.25, -0.2) is 4.98 Å². The molecule has 0 aliphatic carbocycles. The molecule has 2 aromatic heterocycles. The summed E-state index contributed by atoms with van der Waals surface area (Å²) in [6.45, 7) is 0. The van der Waals surface area contributed by atoms with Gasteiger partial charge in [0.2, 0.25) is 0 Å². The van der Waals surface area contributed by atoms with E-state index >= 15 is 0 Å². The Morgan fingerprint density at radius 2 is 0.443 bits per heavy atom. The maximum atomic E-state index is 5.53. The maximum Gasteiger partial charge on any atom is 0.0715 e. The normalized spacial score (nSPS) is 11.1. The minimum atomic E-state index is 0.897. The van der Waals surface area contributed by atoms with Crippen LogP contribution in [0.3, 0.4) is 0 Å². The average molecular weight is 891 g/mol. The number of pyridine rings is 2. The van der Waals surface area contributed by atoms with Crippen LogP contribution in [0.5, 0.6) is 0 Å². The van der Waals surface area contributed by atoms with Gasteiger partial charge in [-0.1, -0.05) is 200 Å². The first-order valence-electron chi connectivity index (χ1n) is 23.8. The maximum absolute atomic E-state index is 5.53. The molecule has 328 valence electrons. The van der Waals surface area contributed by atoms with Gasteiger partial charge in [0.15, 0.2) is 0 Å². The van der Waals surface area contributed by atoms with Crippen LogP contribution in [0, 0.1) is 0 Å². The summed E-state index contributed by atoms with van der Waals surface area (Å²) in [6, 6.07) is 97.9. The highest BCUT2D eigenvalue weighted by atomic mass is 14.7. The lowest BCUT2D eigenvalue weighted by atomic mass is 9.91. The molecule has 0 unspecified atom stereocenters. The molecule has 0 amide bonds. The SMILES string of the molecule is c1ccc(-c2cc(-c3ccccc3)cc(-c3cccc(-c4cc(-c5cccc(-c6cc7ccccc7cn6)c5)cc(-c5cccc(-c6cc(-c7ccccc7)cc(-c7ccccc7)c6)c5)n4)c3)c2)cc1. The van der Waals surface area contributed by atoms with Gasteiger partial charge < -0.3 is 0 Å². The van der Waals surface area contributed by atoms with Crippen molar-refractivity contribution in [2.75, 3.05) is 0 Å². The Kier molecular flexibility index (Phi) is 11.3. The van der Waals surface area contributed by atoms with Crippen LogP contribution in [0.1, 0.15) is 0 Å². The molecule has 0 radical (unpaired) electrons. The number of fused-ring (bicyclic) bond motifs is 1. The van der Waals surface area contributed by atoms with Crippen LogP contribution in [-0.4, -0.2) is 9.97 Å². The van der Waals surface area contributed by atoms with E-state index < -0.39 is 0 Å². The molecule has 70 heavy (non-hydrogen) atoms. The highest BCUT2D eigenvalue weighted by molar-refractivity contribution is 5.88. The molecule has 0 fully saturated rings. The number of benzene rings is 10. The molecule has 2 nitrogen and oxygen atoms in total. The van der Waals surface area contributed by atoms with E-state index in [1.54, 1.807) is 0 Å². The number of aromatic nitrogens is 2. The molecule has 0 saturated heterocycles. The summed E-state index contributed by atoms with van der Waals surface area (Å²) in [7, 11) is 0. The molecule has 0 bridgehead atoms. The zero-order valence-electron chi connectivity index (χ0n) is 38.5. The Labute approximate surface area is 409 Å². The lowest BCUT2D eigenvalue weighted by Gasteiger charge is -2.15. The average Bonchev–Trinajstić information content (AvgIpc) is 3.45. The summed E-state index contributed by atoms with van der Waals surface area (Å²) in [5.74, 6) is 0. The van der Waals surface area contributed by atoms with Crippen LogP contribution in [0.4, 0.5) is 0 Å². The largest absolute Gasteiger partial charge is 0.256 e. The van der Waals surface area contributed by atoms with E-state index in [2.05, 4.69) is 273 Å². The fraction of sp³-hybridized carbons (Fsp3) is 0. The molecule has 0 N–H and O–H groups in total. The summed E-state index contributed by atoms with van der Waals surface area (Å²) in [5.41, 5.74) is 22.0. The van der Waals surface area contributed by atoms with Crippen LogP contribution in [0.2, 0.25) is 0 Å².